The van der Waals surface area contributed by atoms with Gasteiger partial charge in [-0.3, -0.25) is 4.79 Å². The lowest BCUT2D eigenvalue weighted by molar-refractivity contribution is -0.121. The summed E-state index contributed by atoms with van der Waals surface area (Å²) < 4.78 is 6.72. The lowest BCUT2D eigenvalue weighted by Crippen LogP contribution is -2.23. The van der Waals surface area contributed by atoms with E-state index < -0.39 is 0 Å². The SMILES string of the molecule is O=C(CCc1ncc(-c2ccc(Br)cc2)o1)NCc1ccccc1Cl. The number of carbonyl (C=O) groups is 1. The molecule has 0 bridgehead atoms. The Morgan fingerprint density at radius 1 is 1.16 bits per heavy atom. The summed E-state index contributed by atoms with van der Waals surface area (Å²) in [6.07, 6.45) is 2.44. The molecular formula is C19H16BrClN2O2. The highest BCUT2D eigenvalue weighted by Gasteiger charge is 2.09. The number of hydrogen-bond acceptors (Lipinski definition) is 3. The maximum atomic E-state index is 12.0. The van der Waals surface area contributed by atoms with E-state index in [4.69, 9.17) is 16.0 Å². The van der Waals surface area contributed by atoms with Gasteiger partial charge in [-0.25, -0.2) is 4.98 Å². The van der Waals surface area contributed by atoms with Gasteiger partial charge in [-0.15, -0.1) is 0 Å². The molecule has 1 amide bonds. The maximum Gasteiger partial charge on any atom is 0.220 e. The number of amides is 1. The highest BCUT2D eigenvalue weighted by Crippen LogP contribution is 2.23. The molecule has 0 unspecified atom stereocenters. The van der Waals surface area contributed by atoms with Gasteiger partial charge in [0.15, 0.2) is 11.7 Å². The first-order chi connectivity index (χ1) is 12.1. The van der Waals surface area contributed by atoms with Crippen LogP contribution in [0.25, 0.3) is 11.3 Å². The number of carbonyl (C=O) groups excluding carboxylic acids is 1. The van der Waals surface area contributed by atoms with Crippen LogP contribution in [0.5, 0.6) is 0 Å². The van der Waals surface area contributed by atoms with Crippen molar-refractivity contribution in [3.8, 4) is 11.3 Å². The van der Waals surface area contributed by atoms with E-state index in [-0.39, 0.29) is 5.91 Å². The second-order valence-electron chi connectivity index (χ2n) is 5.49. The molecule has 1 N–H and O–H groups in total. The molecule has 0 fully saturated rings. The van der Waals surface area contributed by atoms with Crippen LogP contribution in [-0.4, -0.2) is 10.9 Å². The predicted molar refractivity (Wildman–Crippen MR) is 101 cm³/mol. The molecule has 3 rings (SSSR count). The van der Waals surface area contributed by atoms with Gasteiger partial charge in [0.2, 0.25) is 5.91 Å². The Bertz CT molecular complexity index is 862. The van der Waals surface area contributed by atoms with Crippen LogP contribution >= 0.6 is 27.5 Å². The minimum Gasteiger partial charge on any atom is -0.441 e. The zero-order valence-electron chi connectivity index (χ0n) is 13.3. The van der Waals surface area contributed by atoms with Crippen molar-refractivity contribution in [2.24, 2.45) is 0 Å². The van der Waals surface area contributed by atoms with Crippen molar-refractivity contribution < 1.29 is 9.21 Å². The molecule has 2 aromatic carbocycles. The largest absolute Gasteiger partial charge is 0.441 e. The molecule has 0 spiro atoms. The first-order valence-corrected chi connectivity index (χ1v) is 8.99. The molecule has 0 saturated heterocycles. The third-order valence-corrected chi connectivity index (χ3v) is 4.58. The number of benzene rings is 2. The predicted octanol–water partition coefficient (Wildman–Crippen LogP) is 5.01. The summed E-state index contributed by atoms with van der Waals surface area (Å²) in [5.41, 5.74) is 1.84. The minimum atomic E-state index is -0.0664. The third kappa shape index (κ3) is 4.94. The van der Waals surface area contributed by atoms with Crippen molar-refractivity contribution in [3.63, 3.8) is 0 Å². The van der Waals surface area contributed by atoms with Gasteiger partial charge in [0.25, 0.3) is 0 Å². The van der Waals surface area contributed by atoms with Crippen LogP contribution in [-0.2, 0) is 17.8 Å². The molecule has 0 atom stereocenters. The van der Waals surface area contributed by atoms with E-state index in [9.17, 15) is 4.79 Å². The van der Waals surface area contributed by atoms with E-state index in [0.717, 1.165) is 15.6 Å². The van der Waals surface area contributed by atoms with Gasteiger partial charge in [-0.1, -0.05) is 57.9 Å². The van der Waals surface area contributed by atoms with Crippen molar-refractivity contribution in [2.45, 2.75) is 19.4 Å². The molecule has 6 heteroatoms. The van der Waals surface area contributed by atoms with E-state index >= 15 is 0 Å². The van der Waals surface area contributed by atoms with Crippen molar-refractivity contribution in [3.05, 3.63) is 75.7 Å². The summed E-state index contributed by atoms with van der Waals surface area (Å²) in [6, 6.07) is 15.2. The Balaban J connectivity index is 1.51. The molecule has 0 aliphatic heterocycles. The molecule has 1 aromatic heterocycles. The van der Waals surface area contributed by atoms with Gasteiger partial charge < -0.3 is 9.73 Å². The van der Waals surface area contributed by atoms with Gasteiger partial charge in [0.1, 0.15) is 0 Å². The molecule has 0 aliphatic rings. The van der Waals surface area contributed by atoms with Gasteiger partial charge in [0, 0.05) is 34.4 Å². The molecule has 25 heavy (non-hydrogen) atoms. The number of nitrogens with one attached hydrogen (secondary N) is 1. The Morgan fingerprint density at radius 2 is 1.92 bits per heavy atom. The summed E-state index contributed by atoms with van der Waals surface area (Å²) >= 11 is 9.47. The van der Waals surface area contributed by atoms with Gasteiger partial charge in [-0.05, 0) is 23.8 Å². The molecule has 128 valence electrons. The normalized spacial score (nSPS) is 10.6. The molecule has 0 aliphatic carbocycles. The van der Waals surface area contributed by atoms with Crippen molar-refractivity contribution in [1.82, 2.24) is 10.3 Å². The summed E-state index contributed by atoms with van der Waals surface area (Å²) in [5, 5.41) is 3.50. The van der Waals surface area contributed by atoms with Crippen LogP contribution in [0.1, 0.15) is 17.9 Å². The van der Waals surface area contributed by atoms with Crippen molar-refractivity contribution in [2.75, 3.05) is 0 Å². The minimum absolute atomic E-state index is 0.0664. The van der Waals surface area contributed by atoms with Crippen LogP contribution in [0, 0.1) is 0 Å². The van der Waals surface area contributed by atoms with E-state index in [1.807, 2.05) is 42.5 Å². The molecule has 0 radical (unpaired) electrons. The number of rotatable bonds is 6. The Kier molecular flexibility index (Phi) is 5.89. The van der Waals surface area contributed by atoms with Gasteiger partial charge >= 0.3 is 0 Å². The Hall–Kier alpha value is -2.11. The lowest BCUT2D eigenvalue weighted by atomic mass is 10.2. The van der Waals surface area contributed by atoms with Crippen LogP contribution in [0.15, 0.2) is 63.6 Å². The zero-order chi connectivity index (χ0) is 17.6. The fourth-order valence-electron chi connectivity index (χ4n) is 2.32. The number of aryl methyl sites for hydroxylation is 1. The maximum absolute atomic E-state index is 12.0. The zero-order valence-corrected chi connectivity index (χ0v) is 15.7. The first-order valence-electron chi connectivity index (χ1n) is 7.82. The van der Waals surface area contributed by atoms with Gasteiger partial charge in [-0.2, -0.15) is 0 Å². The average Bonchev–Trinajstić information content (AvgIpc) is 3.09. The first kappa shape index (κ1) is 17.7. The van der Waals surface area contributed by atoms with Crippen LogP contribution in [0.2, 0.25) is 5.02 Å². The second kappa shape index (κ2) is 8.32. The smallest absolute Gasteiger partial charge is 0.220 e. The quantitative estimate of drug-likeness (QED) is 0.611. The van der Waals surface area contributed by atoms with Gasteiger partial charge in [0.05, 0.1) is 6.20 Å². The highest BCUT2D eigenvalue weighted by molar-refractivity contribution is 9.10. The van der Waals surface area contributed by atoms with E-state index in [1.54, 1.807) is 12.3 Å². The standard InChI is InChI=1S/C19H16BrClN2O2/c20-15-7-5-13(6-8-15)17-12-23-19(25-17)10-9-18(24)22-11-14-3-1-2-4-16(14)21/h1-8,12H,9-11H2,(H,22,24). The number of oxazole rings is 1. The number of halogens is 2. The van der Waals surface area contributed by atoms with E-state index in [1.165, 1.54) is 0 Å². The second-order valence-corrected chi connectivity index (χ2v) is 6.82. The number of aromatic nitrogens is 1. The summed E-state index contributed by atoms with van der Waals surface area (Å²) in [6.45, 7) is 0.411. The fraction of sp³-hybridized carbons (Fsp3) is 0.158. The molecule has 4 nitrogen and oxygen atoms in total. The van der Waals surface area contributed by atoms with E-state index in [2.05, 4.69) is 26.2 Å². The number of hydrogen-bond donors (Lipinski definition) is 1. The topological polar surface area (TPSA) is 55.1 Å². The summed E-state index contributed by atoms with van der Waals surface area (Å²) in [5.74, 6) is 1.17. The summed E-state index contributed by atoms with van der Waals surface area (Å²) in [7, 11) is 0. The van der Waals surface area contributed by atoms with Crippen molar-refractivity contribution in [1.29, 1.82) is 0 Å². The monoisotopic (exact) mass is 418 g/mol. The Morgan fingerprint density at radius 3 is 2.68 bits per heavy atom. The fourth-order valence-corrected chi connectivity index (χ4v) is 2.78. The number of nitrogens with zero attached hydrogens (tertiary/aromatic N) is 1. The lowest BCUT2D eigenvalue weighted by Gasteiger charge is -2.06. The summed E-state index contributed by atoms with van der Waals surface area (Å²) in [4.78, 5) is 16.2. The highest BCUT2D eigenvalue weighted by atomic mass is 79.9. The average molecular weight is 420 g/mol. The third-order valence-electron chi connectivity index (χ3n) is 3.68. The molecule has 3 aromatic rings. The van der Waals surface area contributed by atoms with Crippen LogP contribution in [0.3, 0.4) is 0 Å². The Labute approximate surface area is 159 Å². The van der Waals surface area contributed by atoms with Crippen molar-refractivity contribution >= 4 is 33.4 Å². The van der Waals surface area contributed by atoms with Crippen LogP contribution in [0.4, 0.5) is 0 Å². The van der Waals surface area contributed by atoms with Crippen LogP contribution < -0.4 is 5.32 Å². The molecule has 0 saturated carbocycles. The van der Waals surface area contributed by atoms with E-state index in [0.29, 0.717) is 36.1 Å². The molecule has 1 heterocycles. The molecular weight excluding hydrogens is 404 g/mol.